The van der Waals surface area contributed by atoms with Crippen LogP contribution < -0.4 is 0 Å². The summed E-state index contributed by atoms with van der Waals surface area (Å²) in [5.41, 5.74) is 2.30. The molecule has 0 aliphatic carbocycles. The van der Waals surface area contributed by atoms with Gasteiger partial charge >= 0.3 is 0 Å². The van der Waals surface area contributed by atoms with Gasteiger partial charge in [0.1, 0.15) is 0 Å². The molecule has 1 aromatic heterocycles. The molecule has 0 fully saturated rings. The fourth-order valence-corrected chi connectivity index (χ4v) is 1.26. The Morgan fingerprint density at radius 3 is 2.83 bits per heavy atom. The van der Waals surface area contributed by atoms with Crippen LogP contribution in [0.15, 0.2) is 30.6 Å². The van der Waals surface area contributed by atoms with Gasteiger partial charge in [0, 0.05) is 23.0 Å². The van der Waals surface area contributed by atoms with Crippen LogP contribution in [0.3, 0.4) is 0 Å². The number of benzene rings is 1. The summed E-state index contributed by atoms with van der Waals surface area (Å²) in [5, 5.41) is 0. The van der Waals surface area contributed by atoms with Gasteiger partial charge < -0.3 is 4.57 Å². The molecule has 0 aliphatic heterocycles. The predicted molar refractivity (Wildman–Crippen MR) is 45.4 cm³/mol. The Hall–Kier alpha value is -0.816. The van der Waals surface area contributed by atoms with E-state index in [1.807, 2.05) is 24.5 Å². The molecule has 0 spiro atoms. The van der Waals surface area contributed by atoms with E-state index in [0.717, 1.165) is 12.1 Å². The van der Waals surface area contributed by atoms with Gasteiger partial charge in [0.15, 0.2) is 0 Å². The minimum Gasteiger partial charge on any atom is -0.331 e. The van der Waals surface area contributed by atoms with Gasteiger partial charge in [-0.2, -0.15) is 0 Å². The number of nitrogens with zero attached hydrogens (tertiary/aromatic N) is 2. The second-order valence-electron chi connectivity index (χ2n) is 2.52. The van der Waals surface area contributed by atoms with Crippen LogP contribution in [-0.2, 0) is 23.0 Å². The summed E-state index contributed by atoms with van der Waals surface area (Å²) < 4.78 is 2.13. The maximum Gasteiger partial charge on any atom is 0.0958 e. The number of hydrogen-bond donors (Lipinski definition) is 0. The van der Waals surface area contributed by atoms with E-state index in [0.29, 0.717) is 0 Å². The number of imidazole rings is 1. The van der Waals surface area contributed by atoms with Crippen molar-refractivity contribution in [3.8, 4) is 0 Å². The third-order valence-corrected chi connectivity index (χ3v) is 1.87. The molecule has 2 aromatic rings. The van der Waals surface area contributed by atoms with E-state index in [2.05, 4.69) is 22.5 Å². The van der Waals surface area contributed by atoms with E-state index in [-0.39, 0.29) is 16.5 Å². The maximum atomic E-state index is 4.25. The Morgan fingerprint density at radius 2 is 2.08 bits per heavy atom. The van der Waals surface area contributed by atoms with Crippen molar-refractivity contribution in [2.75, 3.05) is 0 Å². The van der Waals surface area contributed by atoms with Gasteiger partial charge in [0.05, 0.1) is 17.4 Å². The van der Waals surface area contributed by atoms with Crippen LogP contribution in [0.1, 0.15) is 6.92 Å². The molecule has 0 unspecified atom stereocenters. The Kier molecular flexibility index (Phi) is 2.88. The van der Waals surface area contributed by atoms with Gasteiger partial charge in [-0.25, -0.2) is 4.98 Å². The molecule has 0 amide bonds. The number of rotatable bonds is 1. The van der Waals surface area contributed by atoms with E-state index >= 15 is 0 Å². The third kappa shape index (κ3) is 1.37. The minimum absolute atomic E-state index is 0. The summed E-state index contributed by atoms with van der Waals surface area (Å²) in [7, 11) is 0. The first-order valence-electron chi connectivity index (χ1n) is 3.81. The second-order valence-corrected chi connectivity index (χ2v) is 2.52. The van der Waals surface area contributed by atoms with Gasteiger partial charge in [0.25, 0.3) is 0 Å². The van der Waals surface area contributed by atoms with E-state index in [4.69, 9.17) is 0 Å². The zero-order valence-corrected chi connectivity index (χ0v) is 7.79. The molecule has 0 saturated heterocycles. The molecular formula is C9H10N2Ni. The zero-order valence-electron chi connectivity index (χ0n) is 6.80. The van der Waals surface area contributed by atoms with Gasteiger partial charge in [0.2, 0.25) is 0 Å². The van der Waals surface area contributed by atoms with Crippen LogP contribution in [0, 0.1) is 0 Å². The first-order valence-corrected chi connectivity index (χ1v) is 3.81. The van der Waals surface area contributed by atoms with E-state index in [9.17, 15) is 0 Å². The first-order chi connectivity index (χ1) is 5.42. The van der Waals surface area contributed by atoms with Crippen molar-refractivity contribution in [1.29, 1.82) is 0 Å². The standard InChI is InChI=1S/C9H10N2.Ni/c1-2-11-7-10-8-5-3-4-6-9(8)11;/h3-7H,2H2,1H3;. The molecule has 1 heterocycles. The van der Waals surface area contributed by atoms with Crippen LogP contribution >= 0.6 is 0 Å². The smallest absolute Gasteiger partial charge is 0.0958 e. The molecule has 66 valence electrons. The van der Waals surface area contributed by atoms with Crippen molar-refractivity contribution < 1.29 is 16.5 Å². The fraction of sp³-hybridized carbons (Fsp3) is 0.222. The summed E-state index contributed by atoms with van der Waals surface area (Å²) in [5.74, 6) is 0. The molecule has 2 nitrogen and oxygen atoms in total. The molecule has 2 rings (SSSR count). The minimum atomic E-state index is 0. The molecular weight excluding hydrogens is 195 g/mol. The number of aryl methyl sites for hydroxylation is 1. The number of hydrogen-bond acceptors (Lipinski definition) is 1. The van der Waals surface area contributed by atoms with Gasteiger partial charge in [-0.15, -0.1) is 0 Å². The molecule has 0 atom stereocenters. The van der Waals surface area contributed by atoms with Crippen LogP contribution in [-0.4, -0.2) is 9.55 Å². The van der Waals surface area contributed by atoms with E-state index < -0.39 is 0 Å². The normalized spacial score (nSPS) is 9.75. The van der Waals surface area contributed by atoms with Crippen molar-refractivity contribution in [2.24, 2.45) is 0 Å². The van der Waals surface area contributed by atoms with Crippen LogP contribution in [0.4, 0.5) is 0 Å². The molecule has 0 saturated carbocycles. The second kappa shape index (κ2) is 3.73. The van der Waals surface area contributed by atoms with Gasteiger partial charge in [-0.1, -0.05) is 12.1 Å². The summed E-state index contributed by atoms with van der Waals surface area (Å²) in [6, 6.07) is 8.17. The van der Waals surface area contributed by atoms with Crippen LogP contribution in [0.5, 0.6) is 0 Å². The van der Waals surface area contributed by atoms with E-state index in [1.165, 1.54) is 5.52 Å². The van der Waals surface area contributed by atoms with Gasteiger partial charge in [-0.3, -0.25) is 0 Å². The van der Waals surface area contributed by atoms with Crippen LogP contribution in [0.2, 0.25) is 0 Å². The van der Waals surface area contributed by atoms with Crippen LogP contribution in [0.25, 0.3) is 11.0 Å². The largest absolute Gasteiger partial charge is 0.331 e. The number of para-hydroxylation sites is 2. The molecule has 0 bridgehead atoms. The molecule has 1 aromatic carbocycles. The Balaban J connectivity index is 0.000000720. The summed E-state index contributed by atoms with van der Waals surface area (Å²) in [6.07, 6.45) is 1.88. The van der Waals surface area contributed by atoms with E-state index in [1.54, 1.807) is 0 Å². The fourth-order valence-electron chi connectivity index (χ4n) is 1.26. The quantitative estimate of drug-likeness (QED) is 0.651. The van der Waals surface area contributed by atoms with Crippen molar-refractivity contribution in [3.63, 3.8) is 0 Å². The zero-order chi connectivity index (χ0) is 7.68. The first kappa shape index (κ1) is 9.27. The predicted octanol–water partition coefficient (Wildman–Crippen LogP) is 2.05. The van der Waals surface area contributed by atoms with Crippen molar-refractivity contribution in [3.05, 3.63) is 30.6 Å². The topological polar surface area (TPSA) is 17.8 Å². The Bertz CT molecular complexity index is 367. The number of aromatic nitrogens is 2. The third-order valence-electron chi connectivity index (χ3n) is 1.87. The average molecular weight is 205 g/mol. The van der Waals surface area contributed by atoms with Crippen molar-refractivity contribution in [2.45, 2.75) is 13.5 Å². The van der Waals surface area contributed by atoms with Crippen molar-refractivity contribution >= 4 is 11.0 Å². The van der Waals surface area contributed by atoms with Crippen molar-refractivity contribution in [1.82, 2.24) is 9.55 Å². The SMILES string of the molecule is CCn1cnc2ccccc21.[Ni]. The molecule has 0 radical (unpaired) electrons. The van der Waals surface area contributed by atoms with Gasteiger partial charge in [-0.05, 0) is 19.1 Å². The summed E-state index contributed by atoms with van der Waals surface area (Å²) in [4.78, 5) is 4.25. The summed E-state index contributed by atoms with van der Waals surface area (Å²) in [6.45, 7) is 3.11. The average Bonchev–Trinajstić information content (AvgIpc) is 2.47. The molecule has 0 N–H and O–H groups in total. The summed E-state index contributed by atoms with van der Waals surface area (Å²) >= 11 is 0. The Labute approximate surface area is 81.5 Å². The Morgan fingerprint density at radius 1 is 1.33 bits per heavy atom. The maximum absolute atomic E-state index is 4.25. The number of fused-ring (bicyclic) bond motifs is 1. The molecule has 12 heavy (non-hydrogen) atoms. The molecule has 0 aliphatic rings. The monoisotopic (exact) mass is 204 g/mol. The molecule has 3 heteroatoms.